The van der Waals surface area contributed by atoms with E-state index in [0.717, 1.165) is 6.07 Å². The van der Waals surface area contributed by atoms with E-state index in [1.165, 1.54) is 11.0 Å². The van der Waals surface area contributed by atoms with Gasteiger partial charge in [-0.25, -0.2) is 4.39 Å². The number of hydrogen-bond donors (Lipinski definition) is 0. The van der Waals surface area contributed by atoms with E-state index in [2.05, 4.69) is 0 Å². The molecule has 0 saturated carbocycles. The Kier molecular flexibility index (Phi) is 3.71. The minimum Gasteiger partial charge on any atom is -0.345 e. The number of nitrogens with zero attached hydrogens (tertiary/aromatic N) is 1. The fourth-order valence-corrected chi connectivity index (χ4v) is 1.63. The summed E-state index contributed by atoms with van der Waals surface area (Å²) >= 11 is 7.57. The van der Waals surface area contributed by atoms with Crippen LogP contribution >= 0.6 is 34.2 Å². The average Bonchev–Trinajstić information content (AvgIpc) is 2.10. The van der Waals surface area contributed by atoms with E-state index in [0.29, 0.717) is 9.13 Å². The Hall–Kier alpha value is -0.360. The van der Waals surface area contributed by atoms with Crippen molar-refractivity contribution >= 4 is 40.1 Å². The van der Waals surface area contributed by atoms with E-state index in [9.17, 15) is 9.18 Å². The highest BCUT2D eigenvalue weighted by Crippen LogP contribution is 2.22. The molecule has 2 nitrogen and oxygen atoms in total. The molecule has 76 valence electrons. The van der Waals surface area contributed by atoms with Crippen molar-refractivity contribution in [3.63, 3.8) is 0 Å². The van der Waals surface area contributed by atoms with Crippen LogP contribution < -0.4 is 0 Å². The van der Waals surface area contributed by atoms with Crippen molar-refractivity contribution < 1.29 is 9.18 Å². The number of carbonyl (C=O) groups is 1. The molecule has 0 aliphatic carbocycles. The summed E-state index contributed by atoms with van der Waals surface area (Å²) in [4.78, 5) is 12.9. The average molecular weight is 328 g/mol. The van der Waals surface area contributed by atoms with E-state index in [1.54, 1.807) is 14.1 Å². The van der Waals surface area contributed by atoms with E-state index in [4.69, 9.17) is 11.6 Å². The molecule has 0 spiro atoms. The third-order valence-electron chi connectivity index (χ3n) is 1.65. The van der Waals surface area contributed by atoms with E-state index in [1.807, 2.05) is 22.6 Å². The Morgan fingerprint density at radius 2 is 2.07 bits per heavy atom. The van der Waals surface area contributed by atoms with Crippen molar-refractivity contribution in [2.45, 2.75) is 0 Å². The molecule has 0 atom stereocenters. The number of benzene rings is 1. The molecule has 1 rings (SSSR count). The zero-order valence-electron chi connectivity index (χ0n) is 7.64. The Balaban J connectivity index is 3.22. The molecule has 0 aliphatic rings. The second-order valence-corrected chi connectivity index (χ2v) is 4.52. The molecule has 0 fully saturated rings. The molecule has 0 bridgehead atoms. The highest BCUT2D eigenvalue weighted by molar-refractivity contribution is 14.1. The number of hydrogen-bond acceptors (Lipinski definition) is 1. The summed E-state index contributed by atoms with van der Waals surface area (Å²) in [5.41, 5.74) is 0.322. The summed E-state index contributed by atoms with van der Waals surface area (Å²) in [6, 6.07) is 2.60. The highest BCUT2D eigenvalue weighted by Gasteiger charge is 2.14. The zero-order chi connectivity index (χ0) is 10.9. The van der Waals surface area contributed by atoms with E-state index in [-0.39, 0.29) is 10.9 Å². The second kappa shape index (κ2) is 4.44. The molecule has 0 N–H and O–H groups in total. The highest BCUT2D eigenvalue weighted by atomic mass is 127. The molecule has 5 heteroatoms. The van der Waals surface area contributed by atoms with Crippen LogP contribution in [0.15, 0.2) is 12.1 Å². The molecule has 1 amide bonds. The normalized spacial score (nSPS) is 10.1. The second-order valence-electron chi connectivity index (χ2n) is 2.95. The van der Waals surface area contributed by atoms with Gasteiger partial charge in [-0.05, 0) is 34.7 Å². The van der Waals surface area contributed by atoms with Crippen LogP contribution in [0.25, 0.3) is 0 Å². The van der Waals surface area contributed by atoms with E-state index >= 15 is 0 Å². The molecular formula is C9H8ClFINO. The lowest BCUT2D eigenvalue weighted by atomic mass is 10.2. The van der Waals surface area contributed by atoms with Crippen LogP contribution in [0.2, 0.25) is 5.02 Å². The topological polar surface area (TPSA) is 20.3 Å². The van der Waals surface area contributed by atoms with Gasteiger partial charge in [-0.1, -0.05) is 11.6 Å². The maximum atomic E-state index is 13.0. The lowest BCUT2D eigenvalue weighted by Gasteiger charge is -2.11. The van der Waals surface area contributed by atoms with Crippen LogP contribution in [-0.2, 0) is 0 Å². The van der Waals surface area contributed by atoms with Crippen LogP contribution in [0.3, 0.4) is 0 Å². The Labute approximate surface area is 100 Å². The van der Waals surface area contributed by atoms with Gasteiger partial charge in [0.1, 0.15) is 5.82 Å². The maximum Gasteiger partial charge on any atom is 0.254 e. The molecule has 0 heterocycles. The first-order valence-electron chi connectivity index (χ1n) is 3.79. The van der Waals surface area contributed by atoms with Gasteiger partial charge in [0.25, 0.3) is 5.91 Å². The zero-order valence-corrected chi connectivity index (χ0v) is 10.6. The first-order valence-corrected chi connectivity index (χ1v) is 5.25. The van der Waals surface area contributed by atoms with Crippen molar-refractivity contribution in [2.75, 3.05) is 14.1 Å². The SMILES string of the molecule is CN(C)C(=O)c1cc(I)c(F)cc1Cl. The van der Waals surface area contributed by atoms with Crippen molar-refractivity contribution in [1.82, 2.24) is 4.90 Å². The first-order chi connectivity index (χ1) is 6.43. The van der Waals surface area contributed by atoms with Gasteiger partial charge >= 0.3 is 0 Å². The minimum atomic E-state index is -0.411. The third-order valence-corrected chi connectivity index (χ3v) is 2.79. The summed E-state index contributed by atoms with van der Waals surface area (Å²) in [7, 11) is 3.24. The van der Waals surface area contributed by atoms with Gasteiger partial charge in [0.05, 0.1) is 10.6 Å². The fraction of sp³-hybridized carbons (Fsp3) is 0.222. The monoisotopic (exact) mass is 327 g/mol. The predicted octanol–water partition coefficient (Wildman–Crippen LogP) is 2.79. The van der Waals surface area contributed by atoms with Crippen molar-refractivity contribution in [2.24, 2.45) is 0 Å². The molecule has 0 aliphatic heterocycles. The van der Waals surface area contributed by atoms with Crippen molar-refractivity contribution in [3.8, 4) is 0 Å². The lowest BCUT2D eigenvalue weighted by Crippen LogP contribution is -2.22. The molecule has 14 heavy (non-hydrogen) atoms. The summed E-state index contributed by atoms with van der Waals surface area (Å²) in [5, 5.41) is 0.140. The van der Waals surface area contributed by atoms with Crippen LogP contribution in [0.1, 0.15) is 10.4 Å². The number of rotatable bonds is 1. The van der Waals surface area contributed by atoms with Gasteiger partial charge < -0.3 is 4.90 Å². The van der Waals surface area contributed by atoms with Gasteiger partial charge in [0.2, 0.25) is 0 Å². The van der Waals surface area contributed by atoms with Gasteiger partial charge in [0.15, 0.2) is 0 Å². The van der Waals surface area contributed by atoms with Gasteiger partial charge in [-0.2, -0.15) is 0 Å². The van der Waals surface area contributed by atoms with Gasteiger partial charge in [-0.15, -0.1) is 0 Å². The fourth-order valence-electron chi connectivity index (χ4n) is 0.927. The maximum absolute atomic E-state index is 13.0. The van der Waals surface area contributed by atoms with E-state index < -0.39 is 5.82 Å². The van der Waals surface area contributed by atoms with Crippen molar-refractivity contribution in [1.29, 1.82) is 0 Å². The van der Waals surface area contributed by atoms with Crippen molar-refractivity contribution in [3.05, 3.63) is 32.1 Å². The number of halogens is 3. The Bertz CT molecular complexity index is 381. The van der Waals surface area contributed by atoms with Gasteiger partial charge in [0, 0.05) is 17.7 Å². The predicted molar refractivity (Wildman–Crippen MR) is 62.1 cm³/mol. The summed E-state index contributed by atoms with van der Waals surface area (Å²) in [6.07, 6.45) is 0. The Morgan fingerprint density at radius 3 is 2.57 bits per heavy atom. The standard InChI is InChI=1S/C9H8ClFINO/c1-13(2)9(14)5-3-8(12)7(11)4-6(5)10/h3-4H,1-2H3. The Morgan fingerprint density at radius 1 is 1.50 bits per heavy atom. The summed E-state index contributed by atoms with van der Waals surface area (Å²) < 4.78 is 13.4. The summed E-state index contributed by atoms with van der Waals surface area (Å²) in [5.74, 6) is -0.640. The molecule has 1 aromatic rings. The lowest BCUT2D eigenvalue weighted by molar-refractivity contribution is 0.0827. The van der Waals surface area contributed by atoms with Crippen LogP contribution in [-0.4, -0.2) is 24.9 Å². The van der Waals surface area contributed by atoms with Crippen LogP contribution in [0, 0.1) is 9.39 Å². The molecule has 0 unspecified atom stereocenters. The molecule has 0 aromatic heterocycles. The van der Waals surface area contributed by atoms with Gasteiger partial charge in [-0.3, -0.25) is 4.79 Å². The minimum absolute atomic E-state index is 0.140. The summed E-state index contributed by atoms with van der Waals surface area (Å²) in [6.45, 7) is 0. The number of amides is 1. The first kappa shape index (κ1) is 11.7. The third kappa shape index (κ3) is 2.36. The molecule has 0 saturated heterocycles. The van der Waals surface area contributed by atoms with Crippen LogP contribution in [0.4, 0.5) is 4.39 Å². The van der Waals surface area contributed by atoms with Crippen LogP contribution in [0.5, 0.6) is 0 Å². The number of carbonyl (C=O) groups excluding carboxylic acids is 1. The smallest absolute Gasteiger partial charge is 0.254 e. The molecule has 0 radical (unpaired) electrons. The quantitative estimate of drug-likeness (QED) is 0.574. The largest absolute Gasteiger partial charge is 0.345 e. The molecular weight excluding hydrogens is 319 g/mol. The molecule has 1 aromatic carbocycles.